The van der Waals surface area contributed by atoms with Crippen LogP contribution >= 0.6 is 11.8 Å². The van der Waals surface area contributed by atoms with Crippen molar-refractivity contribution in [2.45, 2.75) is 31.0 Å². The molecule has 0 spiro atoms. The van der Waals surface area contributed by atoms with Gasteiger partial charge >= 0.3 is 0 Å². The summed E-state index contributed by atoms with van der Waals surface area (Å²) in [4.78, 5) is 14.4. The highest BCUT2D eigenvalue weighted by Crippen LogP contribution is 2.26. The number of nitrogens with zero attached hydrogens (tertiary/aromatic N) is 1. The number of para-hydroxylation sites is 1. The number of ether oxygens (including phenoxy) is 1. The summed E-state index contributed by atoms with van der Waals surface area (Å²) in [5.41, 5.74) is 0.779. The maximum atomic E-state index is 12.3. The first-order valence-corrected chi connectivity index (χ1v) is 8.44. The molecule has 0 radical (unpaired) electrons. The normalized spacial score (nSPS) is 24.5. The van der Waals surface area contributed by atoms with Crippen molar-refractivity contribution in [2.75, 3.05) is 30.7 Å². The van der Waals surface area contributed by atoms with Gasteiger partial charge in [0.1, 0.15) is 25.3 Å². The monoisotopic (exact) mass is 320 g/mol. The van der Waals surface area contributed by atoms with Crippen molar-refractivity contribution in [3.63, 3.8) is 0 Å². The number of anilines is 1. The minimum atomic E-state index is 0.00121. The van der Waals surface area contributed by atoms with Crippen LogP contribution < -0.4 is 10.2 Å². The molecule has 22 heavy (non-hydrogen) atoms. The molecule has 0 aromatic heterocycles. The number of carbonyl (C=O) groups excluding carboxylic acids is 1. The Morgan fingerprint density at radius 2 is 2.09 bits per heavy atom. The Hall–Kier alpha value is -1.55. The molecule has 118 valence electrons. The summed E-state index contributed by atoms with van der Waals surface area (Å²) in [5, 5.41) is 11.7. The summed E-state index contributed by atoms with van der Waals surface area (Å²) in [7, 11) is 0. The molecule has 0 bridgehead atoms. The first-order valence-electron chi connectivity index (χ1n) is 7.46. The van der Waals surface area contributed by atoms with E-state index in [1.807, 2.05) is 38.1 Å². The fourth-order valence-corrected chi connectivity index (χ4v) is 3.43. The van der Waals surface area contributed by atoms with Crippen molar-refractivity contribution in [1.29, 1.82) is 5.26 Å². The highest BCUT2D eigenvalue weighted by Gasteiger charge is 2.27. The Kier molecular flexibility index (Phi) is 6.25. The first kappa shape index (κ1) is 16.8. The van der Waals surface area contributed by atoms with E-state index in [1.165, 1.54) is 16.7 Å². The highest BCUT2D eigenvalue weighted by molar-refractivity contribution is 7.99. The molecule has 0 saturated carbocycles. The predicted molar refractivity (Wildman–Crippen MR) is 87.0 cm³/mol. The van der Waals surface area contributed by atoms with Gasteiger partial charge in [-0.2, -0.15) is 5.26 Å². The number of rotatable bonds is 5. The molecule has 3 atom stereocenters. The molecule has 1 fully saturated rings. The average Bonchev–Trinajstić information content (AvgIpc) is 2.45. The molecule has 5 nitrogen and oxygen atoms in total. The third kappa shape index (κ3) is 5.02. The van der Waals surface area contributed by atoms with Crippen LogP contribution in [-0.2, 0) is 9.53 Å². The molecule has 1 aromatic carbocycles. The number of nitrogens with one attached hydrogen (secondary N) is 2. The number of thioether (sulfide) groups is 1. The summed E-state index contributed by atoms with van der Waals surface area (Å²) in [6.45, 7) is 6.23. The smallest absolute Gasteiger partial charge is 0.279 e. The fourth-order valence-electron chi connectivity index (χ4n) is 2.76. The van der Waals surface area contributed by atoms with Gasteiger partial charge in [-0.05, 0) is 26.0 Å². The Bertz CT molecular complexity index is 549. The summed E-state index contributed by atoms with van der Waals surface area (Å²) >= 11 is 1.43. The van der Waals surface area contributed by atoms with Crippen molar-refractivity contribution < 1.29 is 14.4 Å². The topological polar surface area (TPSA) is 66.6 Å². The van der Waals surface area contributed by atoms with Crippen molar-refractivity contribution in [1.82, 2.24) is 0 Å². The Labute approximate surface area is 135 Å². The number of hydrogen-bond donors (Lipinski definition) is 2. The van der Waals surface area contributed by atoms with Crippen LogP contribution in [0.2, 0.25) is 0 Å². The third-order valence-corrected chi connectivity index (χ3v) is 4.42. The van der Waals surface area contributed by atoms with Crippen LogP contribution in [0.15, 0.2) is 29.2 Å². The van der Waals surface area contributed by atoms with E-state index < -0.39 is 0 Å². The number of hydrogen-bond acceptors (Lipinski definition) is 4. The van der Waals surface area contributed by atoms with Gasteiger partial charge in [0, 0.05) is 4.90 Å². The molecule has 1 heterocycles. The van der Waals surface area contributed by atoms with Gasteiger partial charge in [0.05, 0.1) is 17.5 Å². The second-order valence-corrected chi connectivity index (χ2v) is 6.60. The van der Waals surface area contributed by atoms with Gasteiger partial charge in [0.2, 0.25) is 0 Å². The number of quaternary nitrogens is 1. The number of carbonyl (C=O) groups is 1. The van der Waals surface area contributed by atoms with Gasteiger partial charge in [-0.15, -0.1) is 11.8 Å². The van der Waals surface area contributed by atoms with Gasteiger partial charge in [-0.3, -0.25) is 4.79 Å². The van der Waals surface area contributed by atoms with E-state index in [0.717, 1.165) is 23.7 Å². The fraction of sp³-hybridized carbons (Fsp3) is 0.500. The minimum Gasteiger partial charge on any atom is -0.364 e. The van der Waals surface area contributed by atoms with E-state index in [9.17, 15) is 4.79 Å². The van der Waals surface area contributed by atoms with Gasteiger partial charge in [0.15, 0.2) is 6.54 Å². The molecule has 0 aliphatic carbocycles. The maximum Gasteiger partial charge on any atom is 0.279 e. The van der Waals surface area contributed by atoms with Gasteiger partial charge in [-0.25, -0.2) is 0 Å². The lowest BCUT2D eigenvalue weighted by atomic mass is 10.2. The van der Waals surface area contributed by atoms with E-state index in [-0.39, 0.29) is 18.1 Å². The molecule has 1 unspecified atom stereocenters. The number of morpholine rings is 1. The summed E-state index contributed by atoms with van der Waals surface area (Å²) in [6.07, 6.45) is 0.370. The van der Waals surface area contributed by atoms with Crippen LogP contribution in [0.25, 0.3) is 0 Å². The number of benzene rings is 1. The summed E-state index contributed by atoms with van der Waals surface area (Å²) in [6, 6.07) is 9.69. The lowest BCUT2D eigenvalue weighted by Crippen LogP contribution is -3.16. The standard InChI is InChI=1S/C16H21N3O2S/c1-12-9-19(10-13(2)21-12)11-16(20)18-14-5-3-4-6-15(14)22-8-7-17/h3-6,12-13H,8-11H2,1-2H3,(H,18,20)/p+1/t12-,13+. The van der Waals surface area contributed by atoms with Gasteiger partial charge < -0.3 is 15.0 Å². The van der Waals surface area contributed by atoms with Crippen molar-refractivity contribution in [3.05, 3.63) is 24.3 Å². The number of amides is 1. The zero-order valence-electron chi connectivity index (χ0n) is 13.0. The Morgan fingerprint density at radius 3 is 2.77 bits per heavy atom. The third-order valence-electron chi connectivity index (χ3n) is 3.48. The van der Waals surface area contributed by atoms with Crippen molar-refractivity contribution >= 4 is 23.4 Å². The SMILES string of the molecule is C[C@@H]1C[NH+](CC(=O)Nc2ccccc2SCC#N)C[C@H](C)O1. The van der Waals surface area contributed by atoms with Crippen molar-refractivity contribution in [2.24, 2.45) is 0 Å². The summed E-state index contributed by atoms with van der Waals surface area (Å²) in [5.74, 6) is 0.373. The molecule has 1 amide bonds. The van der Waals surface area contributed by atoms with Gasteiger partial charge in [0.25, 0.3) is 5.91 Å². The number of nitriles is 1. The maximum absolute atomic E-state index is 12.3. The molecule has 6 heteroatoms. The van der Waals surface area contributed by atoms with E-state index in [1.54, 1.807) is 0 Å². The Morgan fingerprint density at radius 1 is 1.41 bits per heavy atom. The van der Waals surface area contributed by atoms with E-state index in [2.05, 4.69) is 11.4 Å². The second-order valence-electron chi connectivity index (χ2n) is 5.58. The lowest BCUT2D eigenvalue weighted by Gasteiger charge is -2.31. The van der Waals surface area contributed by atoms with Crippen LogP contribution in [0, 0.1) is 11.3 Å². The molecule has 1 saturated heterocycles. The largest absolute Gasteiger partial charge is 0.364 e. The molecular weight excluding hydrogens is 298 g/mol. The van der Waals surface area contributed by atoms with Crippen LogP contribution in [0.1, 0.15) is 13.8 Å². The summed E-state index contributed by atoms with van der Waals surface area (Å²) < 4.78 is 5.69. The molecule has 1 aliphatic heterocycles. The predicted octanol–water partition coefficient (Wildman–Crippen LogP) is 0.933. The van der Waals surface area contributed by atoms with E-state index in [4.69, 9.17) is 10.00 Å². The van der Waals surface area contributed by atoms with Crippen LogP contribution in [0.5, 0.6) is 0 Å². The van der Waals surface area contributed by atoms with E-state index in [0.29, 0.717) is 12.3 Å². The van der Waals surface area contributed by atoms with Crippen LogP contribution in [0.4, 0.5) is 5.69 Å². The quantitative estimate of drug-likeness (QED) is 0.792. The highest BCUT2D eigenvalue weighted by atomic mass is 32.2. The minimum absolute atomic E-state index is 0.00121. The van der Waals surface area contributed by atoms with Crippen LogP contribution in [0.3, 0.4) is 0 Å². The molecule has 1 aromatic rings. The Balaban J connectivity index is 1.93. The second kappa shape index (κ2) is 8.18. The molecule has 2 N–H and O–H groups in total. The molecule has 1 aliphatic rings. The molecular formula is C16H22N3O2S+. The van der Waals surface area contributed by atoms with Gasteiger partial charge in [-0.1, -0.05) is 12.1 Å². The first-order chi connectivity index (χ1) is 10.6. The van der Waals surface area contributed by atoms with Crippen LogP contribution in [-0.4, -0.2) is 43.5 Å². The van der Waals surface area contributed by atoms with E-state index >= 15 is 0 Å². The zero-order chi connectivity index (χ0) is 15.9. The average molecular weight is 320 g/mol. The van der Waals surface area contributed by atoms with Crippen molar-refractivity contribution in [3.8, 4) is 6.07 Å². The zero-order valence-corrected chi connectivity index (χ0v) is 13.8. The lowest BCUT2D eigenvalue weighted by molar-refractivity contribution is -0.907. The molecule has 2 rings (SSSR count).